The number of carbonyl (C=O) groups is 2. The normalized spacial score (nSPS) is 17.8. The van der Waals surface area contributed by atoms with Crippen LogP contribution in [0.1, 0.15) is 26.2 Å². The average molecular weight is 242 g/mol. The molecule has 5 heteroatoms. The van der Waals surface area contributed by atoms with Gasteiger partial charge in [0.25, 0.3) is 0 Å². The zero-order chi connectivity index (χ0) is 12.7. The Morgan fingerprint density at radius 3 is 2.59 bits per heavy atom. The summed E-state index contributed by atoms with van der Waals surface area (Å²) < 4.78 is 4.79. The molecule has 17 heavy (non-hydrogen) atoms. The maximum atomic E-state index is 11.8. The second-order valence-corrected chi connectivity index (χ2v) is 4.42. The first-order valence-electron chi connectivity index (χ1n) is 6.25. The van der Waals surface area contributed by atoms with Crippen LogP contribution in [0.3, 0.4) is 0 Å². The smallest absolute Gasteiger partial charge is 0.307 e. The fourth-order valence-corrected chi connectivity index (χ4v) is 1.94. The predicted octanol–water partition coefficient (Wildman–Crippen LogP) is 0.398. The number of carbonyl (C=O) groups excluding carboxylic acids is 2. The van der Waals surface area contributed by atoms with Crippen molar-refractivity contribution in [2.75, 3.05) is 33.3 Å². The third-order valence-electron chi connectivity index (χ3n) is 3.02. The molecule has 0 atom stereocenters. The molecule has 1 N–H and O–H groups in total. The van der Waals surface area contributed by atoms with Crippen LogP contribution in [0.15, 0.2) is 0 Å². The van der Waals surface area contributed by atoms with E-state index in [1.807, 2.05) is 0 Å². The van der Waals surface area contributed by atoms with Crippen LogP contribution in [0.5, 0.6) is 0 Å². The highest BCUT2D eigenvalue weighted by Gasteiger charge is 2.22. The minimum Gasteiger partial charge on any atom is -0.466 e. The highest BCUT2D eigenvalue weighted by atomic mass is 16.5. The van der Waals surface area contributed by atoms with Crippen molar-refractivity contribution >= 4 is 11.9 Å². The van der Waals surface area contributed by atoms with E-state index in [0.717, 1.165) is 25.9 Å². The Kier molecular flexibility index (Phi) is 5.97. The van der Waals surface area contributed by atoms with E-state index in [2.05, 4.69) is 17.3 Å². The molecule has 0 unspecified atom stereocenters. The van der Waals surface area contributed by atoms with Crippen molar-refractivity contribution in [3.63, 3.8) is 0 Å². The standard InChI is InChI=1S/C12H22N2O3/c1-3-17-11(15)4-7-13-12(16)10-5-8-14(2)9-6-10/h10H,3-9H2,1-2H3,(H,13,16). The number of amides is 1. The van der Waals surface area contributed by atoms with Crippen LogP contribution in [0, 0.1) is 5.92 Å². The Bertz CT molecular complexity index is 260. The fourth-order valence-electron chi connectivity index (χ4n) is 1.94. The minimum atomic E-state index is -0.254. The van der Waals surface area contributed by atoms with Crippen LogP contribution in [0.25, 0.3) is 0 Å². The number of piperidine rings is 1. The van der Waals surface area contributed by atoms with Gasteiger partial charge in [-0.25, -0.2) is 0 Å². The number of rotatable bonds is 5. The van der Waals surface area contributed by atoms with E-state index >= 15 is 0 Å². The monoisotopic (exact) mass is 242 g/mol. The number of hydrogen-bond donors (Lipinski definition) is 1. The summed E-state index contributed by atoms with van der Waals surface area (Å²) in [6.07, 6.45) is 2.07. The lowest BCUT2D eigenvalue weighted by Crippen LogP contribution is -2.39. The fraction of sp³-hybridized carbons (Fsp3) is 0.833. The highest BCUT2D eigenvalue weighted by Crippen LogP contribution is 2.15. The van der Waals surface area contributed by atoms with E-state index in [4.69, 9.17) is 4.74 Å². The second-order valence-electron chi connectivity index (χ2n) is 4.42. The molecule has 0 spiro atoms. The third-order valence-corrected chi connectivity index (χ3v) is 3.02. The Labute approximate surface area is 102 Å². The zero-order valence-corrected chi connectivity index (χ0v) is 10.7. The molecular weight excluding hydrogens is 220 g/mol. The molecule has 0 aliphatic carbocycles. The van der Waals surface area contributed by atoms with E-state index in [1.165, 1.54) is 0 Å². The largest absolute Gasteiger partial charge is 0.466 e. The molecule has 1 fully saturated rings. The number of ether oxygens (including phenoxy) is 1. The topological polar surface area (TPSA) is 58.6 Å². The maximum absolute atomic E-state index is 11.8. The number of nitrogens with zero attached hydrogens (tertiary/aromatic N) is 1. The quantitative estimate of drug-likeness (QED) is 0.709. The van der Waals surface area contributed by atoms with Crippen molar-refractivity contribution in [1.82, 2.24) is 10.2 Å². The summed E-state index contributed by atoms with van der Waals surface area (Å²) in [5.41, 5.74) is 0. The van der Waals surface area contributed by atoms with Gasteiger partial charge in [0.15, 0.2) is 0 Å². The Hall–Kier alpha value is -1.10. The van der Waals surface area contributed by atoms with Crippen molar-refractivity contribution < 1.29 is 14.3 Å². The number of esters is 1. The molecule has 0 saturated carbocycles. The van der Waals surface area contributed by atoms with E-state index < -0.39 is 0 Å². The zero-order valence-electron chi connectivity index (χ0n) is 10.7. The lowest BCUT2D eigenvalue weighted by Gasteiger charge is -2.27. The van der Waals surface area contributed by atoms with Crippen molar-refractivity contribution in [3.05, 3.63) is 0 Å². The Balaban J connectivity index is 2.14. The van der Waals surface area contributed by atoms with Gasteiger partial charge < -0.3 is 15.0 Å². The molecule has 0 aromatic heterocycles. The minimum absolute atomic E-state index is 0.0717. The van der Waals surface area contributed by atoms with Gasteiger partial charge in [0.1, 0.15) is 0 Å². The summed E-state index contributed by atoms with van der Waals surface area (Å²) in [6.45, 7) is 4.48. The van der Waals surface area contributed by atoms with Crippen LogP contribution < -0.4 is 5.32 Å². The summed E-state index contributed by atoms with van der Waals surface area (Å²) in [6, 6.07) is 0. The molecule has 98 valence electrons. The van der Waals surface area contributed by atoms with E-state index in [9.17, 15) is 9.59 Å². The van der Waals surface area contributed by atoms with E-state index in [0.29, 0.717) is 13.2 Å². The van der Waals surface area contributed by atoms with E-state index in [-0.39, 0.29) is 24.2 Å². The molecule has 0 aromatic rings. The molecule has 1 saturated heterocycles. The molecule has 1 amide bonds. The SMILES string of the molecule is CCOC(=O)CCNC(=O)C1CCN(C)CC1. The van der Waals surface area contributed by atoms with Gasteiger partial charge in [0, 0.05) is 12.5 Å². The molecule has 0 radical (unpaired) electrons. The molecule has 5 nitrogen and oxygen atoms in total. The van der Waals surface area contributed by atoms with Gasteiger partial charge in [-0.05, 0) is 39.9 Å². The first-order valence-corrected chi connectivity index (χ1v) is 6.25. The molecule has 1 heterocycles. The molecule has 1 rings (SSSR count). The van der Waals surface area contributed by atoms with Crippen LogP contribution in [-0.2, 0) is 14.3 Å². The molecule has 1 aliphatic rings. The van der Waals surface area contributed by atoms with Crippen molar-refractivity contribution in [2.45, 2.75) is 26.2 Å². The lowest BCUT2D eigenvalue weighted by atomic mass is 9.96. The first kappa shape index (κ1) is 14.0. The predicted molar refractivity (Wildman–Crippen MR) is 64.5 cm³/mol. The van der Waals surface area contributed by atoms with Crippen LogP contribution in [0.4, 0.5) is 0 Å². The Morgan fingerprint density at radius 2 is 2.00 bits per heavy atom. The summed E-state index contributed by atoms with van der Waals surface area (Å²) in [4.78, 5) is 25.1. The van der Waals surface area contributed by atoms with Gasteiger partial charge in [0.2, 0.25) is 5.91 Å². The lowest BCUT2D eigenvalue weighted by molar-refractivity contribution is -0.143. The van der Waals surface area contributed by atoms with Gasteiger partial charge in [0.05, 0.1) is 13.0 Å². The number of nitrogens with one attached hydrogen (secondary N) is 1. The number of hydrogen-bond acceptors (Lipinski definition) is 4. The van der Waals surface area contributed by atoms with Gasteiger partial charge in [-0.15, -0.1) is 0 Å². The van der Waals surface area contributed by atoms with Crippen molar-refractivity contribution in [3.8, 4) is 0 Å². The third kappa shape index (κ3) is 5.17. The highest BCUT2D eigenvalue weighted by molar-refractivity contribution is 5.79. The van der Waals surface area contributed by atoms with E-state index in [1.54, 1.807) is 6.92 Å². The van der Waals surface area contributed by atoms with Crippen LogP contribution in [0.2, 0.25) is 0 Å². The average Bonchev–Trinajstić information content (AvgIpc) is 2.30. The first-order chi connectivity index (χ1) is 8.13. The van der Waals surface area contributed by atoms with Crippen molar-refractivity contribution in [1.29, 1.82) is 0 Å². The van der Waals surface area contributed by atoms with Crippen molar-refractivity contribution in [2.24, 2.45) is 5.92 Å². The van der Waals surface area contributed by atoms with Crippen LogP contribution in [-0.4, -0.2) is 50.1 Å². The molecular formula is C12H22N2O3. The van der Waals surface area contributed by atoms with Crippen LogP contribution >= 0.6 is 0 Å². The summed E-state index contributed by atoms with van der Waals surface area (Å²) >= 11 is 0. The van der Waals surface area contributed by atoms with Gasteiger partial charge in [-0.2, -0.15) is 0 Å². The van der Waals surface area contributed by atoms with Gasteiger partial charge in [-0.1, -0.05) is 0 Å². The maximum Gasteiger partial charge on any atom is 0.307 e. The molecule has 0 aromatic carbocycles. The van der Waals surface area contributed by atoms with Gasteiger partial charge >= 0.3 is 5.97 Å². The Morgan fingerprint density at radius 1 is 1.35 bits per heavy atom. The van der Waals surface area contributed by atoms with Gasteiger partial charge in [-0.3, -0.25) is 9.59 Å². The summed E-state index contributed by atoms with van der Waals surface area (Å²) in [5, 5.41) is 2.80. The number of likely N-dealkylation sites (tertiary alicyclic amines) is 1. The second kappa shape index (κ2) is 7.27. The summed E-state index contributed by atoms with van der Waals surface area (Å²) in [7, 11) is 2.06. The molecule has 1 aliphatic heterocycles. The molecule has 0 bridgehead atoms. The summed E-state index contributed by atoms with van der Waals surface area (Å²) in [5.74, 6) is -0.0769.